The molecular formula is C24H41N4O9PS. The average molecular weight is 593 g/mol. The Morgan fingerprint density at radius 2 is 1.85 bits per heavy atom. The van der Waals surface area contributed by atoms with E-state index in [1.165, 1.54) is 23.9 Å². The van der Waals surface area contributed by atoms with Gasteiger partial charge in [-0.05, 0) is 40.0 Å². The number of nitriles is 1. The summed E-state index contributed by atoms with van der Waals surface area (Å²) in [5.41, 5.74) is -1.28. The van der Waals surface area contributed by atoms with Crippen LogP contribution in [-0.2, 0) is 32.8 Å². The molecule has 1 N–H and O–H groups in total. The monoisotopic (exact) mass is 592 g/mol. The molecule has 5 atom stereocenters. The van der Waals surface area contributed by atoms with Crippen LogP contribution in [0.3, 0.4) is 0 Å². The van der Waals surface area contributed by atoms with Crippen LogP contribution >= 0.6 is 8.53 Å². The quantitative estimate of drug-likeness (QED) is 0.170. The molecule has 0 bridgehead atoms. The molecule has 222 valence electrons. The minimum atomic E-state index is -3.86. The fourth-order valence-corrected chi connectivity index (χ4v) is 7.01. The molecule has 13 nitrogen and oxygen atoms in total. The zero-order valence-corrected chi connectivity index (χ0v) is 25.3. The maximum atomic E-state index is 12.6. The third-order valence-corrected chi connectivity index (χ3v) is 9.15. The van der Waals surface area contributed by atoms with Gasteiger partial charge in [0, 0.05) is 31.5 Å². The maximum absolute atomic E-state index is 12.6. The molecule has 2 heterocycles. The van der Waals surface area contributed by atoms with Gasteiger partial charge in [0.05, 0.1) is 37.6 Å². The fourth-order valence-electron chi connectivity index (χ4n) is 4.13. The number of methoxy groups -OCH3 is 1. The Balaban J connectivity index is 2.44. The van der Waals surface area contributed by atoms with Gasteiger partial charge in [0.1, 0.15) is 12.2 Å². The van der Waals surface area contributed by atoms with E-state index in [4.69, 9.17) is 28.0 Å². The molecule has 0 spiro atoms. The van der Waals surface area contributed by atoms with Crippen molar-refractivity contribution in [1.82, 2.24) is 14.2 Å². The maximum Gasteiger partial charge on any atom is 0.330 e. The first-order valence-corrected chi connectivity index (χ1v) is 15.6. The number of hydrogen-bond donors (Lipinski definition) is 1. The van der Waals surface area contributed by atoms with Crippen molar-refractivity contribution < 1.29 is 31.1 Å². The molecule has 0 aromatic carbocycles. The lowest BCUT2D eigenvalue weighted by Gasteiger charge is -2.38. The van der Waals surface area contributed by atoms with Crippen LogP contribution in [0.25, 0.3) is 0 Å². The number of rotatable bonds is 16. The van der Waals surface area contributed by atoms with E-state index in [0.29, 0.717) is 0 Å². The summed E-state index contributed by atoms with van der Waals surface area (Å²) in [6.45, 7) is 11.8. The Bertz CT molecular complexity index is 1160. The van der Waals surface area contributed by atoms with Crippen LogP contribution in [0.5, 0.6) is 0 Å². The third-order valence-electron chi connectivity index (χ3n) is 5.79. The molecule has 5 unspecified atom stereocenters. The average Bonchev–Trinajstić information content (AvgIpc) is 3.18. The second-order valence-corrected chi connectivity index (χ2v) is 13.3. The van der Waals surface area contributed by atoms with Gasteiger partial charge in [0.15, 0.2) is 6.23 Å². The second kappa shape index (κ2) is 15.3. The molecule has 1 saturated heterocycles. The molecule has 39 heavy (non-hydrogen) atoms. The van der Waals surface area contributed by atoms with Crippen LogP contribution in [0.15, 0.2) is 21.9 Å². The van der Waals surface area contributed by atoms with Gasteiger partial charge in [-0.2, -0.15) is 13.7 Å². The van der Waals surface area contributed by atoms with Gasteiger partial charge in [-0.3, -0.25) is 18.5 Å². The second-order valence-electron chi connectivity index (χ2n) is 10.1. The largest absolute Gasteiger partial charge is 0.374 e. The van der Waals surface area contributed by atoms with Crippen LogP contribution in [0.2, 0.25) is 0 Å². The lowest BCUT2D eigenvalue weighted by molar-refractivity contribution is -0.0539. The van der Waals surface area contributed by atoms with Crippen molar-refractivity contribution in [3.05, 3.63) is 33.1 Å². The molecule has 0 saturated carbocycles. The van der Waals surface area contributed by atoms with Gasteiger partial charge >= 0.3 is 5.69 Å². The lowest BCUT2D eigenvalue weighted by Crippen LogP contribution is -2.41. The molecule has 15 heteroatoms. The summed E-state index contributed by atoms with van der Waals surface area (Å²) < 4.78 is 58.0. The predicted molar refractivity (Wildman–Crippen MR) is 145 cm³/mol. The van der Waals surface area contributed by atoms with E-state index in [9.17, 15) is 18.0 Å². The molecule has 2 rings (SSSR count). The molecule has 0 aliphatic carbocycles. The highest BCUT2D eigenvalue weighted by Gasteiger charge is 2.49. The highest BCUT2D eigenvalue weighted by atomic mass is 32.2. The van der Waals surface area contributed by atoms with Crippen molar-refractivity contribution in [2.24, 2.45) is 5.92 Å². The fraction of sp³-hybridized carbons (Fsp3) is 0.792. The standard InChI is InChI=1S/C24H41N4O9PS/c1-16(2)15-35-39(31,32)14-10-19-21(37-38(34-13-8-11-25)28(17(3)4)18(5)6)22(33-7)23(36-19)27-12-9-20(29)26-24(27)30/h9,12,16-19,21-23H,8,10,13-15H2,1-7H3,(H,26,29,30). The molecule has 0 amide bonds. The first kappa shape index (κ1) is 33.5. The summed E-state index contributed by atoms with van der Waals surface area (Å²) in [7, 11) is -4.17. The van der Waals surface area contributed by atoms with E-state index in [1.807, 2.05) is 46.2 Å². The predicted octanol–water partition coefficient (Wildman–Crippen LogP) is 2.50. The summed E-state index contributed by atoms with van der Waals surface area (Å²) in [5, 5.41) is 9.03. The van der Waals surface area contributed by atoms with Crippen molar-refractivity contribution in [2.75, 3.05) is 26.1 Å². The first-order chi connectivity index (χ1) is 18.3. The van der Waals surface area contributed by atoms with Gasteiger partial charge in [-0.15, -0.1) is 0 Å². The number of aromatic nitrogens is 2. The van der Waals surface area contributed by atoms with Gasteiger partial charge in [0.2, 0.25) is 0 Å². The zero-order valence-electron chi connectivity index (χ0n) is 23.6. The van der Waals surface area contributed by atoms with Crippen LogP contribution in [-0.4, -0.2) is 79.1 Å². The Hall–Kier alpha value is -1.69. The van der Waals surface area contributed by atoms with Gasteiger partial charge in [0.25, 0.3) is 24.2 Å². The summed E-state index contributed by atoms with van der Waals surface area (Å²) in [4.78, 5) is 26.4. The lowest BCUT2D eigenvalue weighted by atomic mass is 10.1. The Morgan fingerprint density at radius 3 is 2.38 bits per heavy atom. The van der Waals surface area contributed by atoms with Crippen LogP contribution in [0, 0.1) is 17.2 Å². The summed E-state index contributed by atoms with van der Waals surface area (Å²) in [6, 6.07) is 3.27. The first-order valence-electron chi connectivity index (χ1n) is 12.9. The molecular weight excluding hydrogens is 551 g/mol. The third kappa shape index (κ3) is 9.72. The van der Waals surface area contributed by atoms with Crippen molar-refractivity contribution in [3.63, 3.8) is 0 Å². The van der Waals surface area contributed by atoms with Crippen molar-refractivity contribution in [3.8, 4) is 6.07 Å². The van der Waals surface area contributed by atoms with Crippen LogP contribution < -0.4 is 11.2 Å². The molecule has 1 aromatic heterocycles. The van der Waals surface area contributed by atoms with Crippen molar-refractivity contribution in [1.29, 1.82) is 5.26 Å². The molecule has 1 aliphatic rings. The van der Waals surface area contributed by atoms with E-state index in [-0.39, 0.29) is 49.8 Å². The number of nitrogens with one attached hydrogen (secondary N) is 1. The molecule has 0 radical (unpaired) electrons. The summed E-state index contributed by atoms with van der Waals surface area (Å²) >= 11 is 0. The smallest absolute Gasteiger partial charge is 0.330 e. The minimum absolute atomic E-state index is 0.00964. The van der Waals surface area contributed by atoms with Gasteiger partial charge in [-0.25, -0.2) is 9.46 Å². The molecule has 1 aliphatic heterocycles. The van der Waals surface area contributed by atoms with E-state index in [1.54, 1.807) is 0 Å². The highest BCUT2D eigenvalue weighted by molar-refractivity contribution is 7.86. The molecule has 1 aromatic rings. The van der Waals surface area contributed by atoms with Crippen LogP contribution in [0.4, 0.5) is 0 Å². The summed E-state index contributed by atoms with van der Waals surface area (Å²) in [5.74, 6) is -0.320. The number of aromatic amines is 1. The van der Waals surface area contributed by atoms with Gasteiger partial charge < -0.3 is 18.5 Å². The Labute approximate surface area is 231 Å². The number of hydrogen-bond acceptors (Lipinski definition) is 11. The van der Waals surface area contributed by atoms with Gasteiger partial charge in [-0.1, -0.05) is 13.8 Å². The zero-order chi connectivity index (χ0) is 29.3. The number of ether oxygens (including phenoxy) is 2. The van der Waals surface area contributed by atoms with Crippen LogP contribution in [0.1, 0.15) is 60.6 Å². The normalized spacial score (nSPS) is 22.7. The number of nitrogens with zero attached hydrogens (tertiary/aromatic N) is 3. The van der Waals surface area contributed by atoms with E-state index in [0.717, 1.165) is 0 Å². The Morgan fingerprint density at radius 1 is 1.18 bits per heavy atom. The van der Waals surface area contributed by atoms with Crippen molar-refractivity contribution >= 4 is 18.6 Å². The van der Waals surface area contributed by atoms with E-state index >= 15 is 0 Å². The molecule has 1 fully saturated rings. The van der Waals surface area contributed by atoms with E-state index in [2.05, 4.69) is 11.1 Å². The van der Waals surface area contributed by atoms with E-state index < -0.39 is 54.4 Å². The SMILES string of the molecule is COC1C(OP(OCCC#N)N(C(C)C)C(C)C)C(CCS(=O)(=O)OCC(C)C)OC1n1ccc(=O)[nH]c1=O. The topological polar surface area (TPSA) is 162 Å². The highest BCUT2D eigenvalue weighted by Crippen LogP contribution is 2.50. The Kier molecular flexibility index (Phi) is 13.2. The van der Waals surface area contributed by atoms with Crippen molar-refractivity contribution in [2.45, 2.75) is 91.0 Å². The number of H-pyrrole nitrogens is 1. The summed E-state index contributed by atoms with van der Waals surface area (Å²) in [6.07, 6.45) is -2.12. The minimum Gasteiger partial charge on any atom is -0.374 e.